The number of rotatable bonds is 6. The van der Waals surface area contributed by atoms with Gasteiger partial charge in [-0.1, -0.05) is 17.7 Å². The molecule has 0 radical (unpaired) electrons. The summed E-state index contributed by atoms with van der Waals surface area (Å²) >= 11 is 6.01. The van der Waals surface area contributed by atoms with Gasteiger partial charge in [-0.3, -0.25) is 9.48 Å². The lowest BCUT2D eigenvalue weighted by Crippen LogP contribution is -2.26. The summed E-state index contributed by atoms with van der Waals surface area (Å²) in [4.78, 5) is 17.7. The van der Waals surface area contributed by atoms with Crippen LogP contribution in [0.25, 0.3) is 22.3 Å². The molecular weight excluding hydrogens is 452 g/mol. The monoisotopic (exact) mass is 480 g/mol. The third-order valence-corrected chi connectivity index (χ3v) is 5.94. The minimum atomic E-state index is -0.914. The van der Waals surface area contributed by atoms with Crippen molar-refractivity contribution in [3.8, 4) is 11.3 Å². The van der Waals surface area contributed by atoms with E-state index in [1.807, 2.05) is 39.0 Å². The number of fused-ring (bicyclic) bond motifs is 1. The van der Waals surface area contributed by atoms with Gasteiger partial charge in [0.15, 0.2) is 5.43 Å². The van der Waals surface area contributed by atoms with Gasteiger partial charge in [0.25, 0.3) is 0 Å². The van der Waals surface area contributed by atoms with Gasteiger partial charge in [0.1, 0.15) is 16.5 Å². The van der Waals surface area contributed by atoms with Crippen LogP contribution in [0.5, 0.6) is 0 Å². The van der Waals surface area contributed by atoms with Gasteiger partial charge in [-0.05, 0) is 65.3 Å². The summed E-state index contributed by atoms with van der Waals surface area (Å²) in [5, 5.41) is 18.9. The molecule has 0 spiro atoms. The molecule has 3 heterocycles. The molecule has 0 aliphatic heterocycles. The van der Waals surface area contributed by atoms with Crippen molar-refractivity contribution < 1.29 is 9.52 Å². The first kappa shape index (κ1) is 24.0. The van der Waals surface area contributed by atoms with E-state index in [0.717, 1.165) is 22.5 Å². The molecule has 34 heavy (non-hydrogen) atoms. The van der Waals surface area contributed by atoms with Crippen LogP contribution in [-0.2, 0) is 6.54 Å². The van der Waals surface area contributed by atoms with Crippen molar-refractivity contribution in [2.75, 3.05) is 5.32 Å². The van der Waals surface area contributed by atoms with Crippen LogP contribution in [-0.4, -0.2) is 25.5 Å². The number of pyridine rings is 1. The van der Waals surface area contributed by atoms with Gasteiger partial charge < -0.3 is 14.8 Å². The molecule has 0 aliphatic carbocycles. The Morgan fingerprint density at radius 1 is 1.24 bits per heavy atom. The van der Waals surface area contributed by atoms with E-state index < -0.39 is 5.60 Å². The summed E-state index contributed by atoms with van der Waals surface area (Å²) in [6.45, 7) is 11.4. The largest absolute Gasteiger partial charge is 0.455 e. The Morgan fingerprint density at radius 3 is 2.65 bits per heavy atom. The normalized spacial score (nSPS) is 12.8. The maximum Gasteiger partial charge on any atom is 0.196 e. The molecule has 0 aliphatic rings. The van der Waals surface area contributed by atoms with Crippen LogP contribution in [0.1, 0.15) is 49.2 Å². The van der Waals surface area contributed by atoms with Crippen LogP contribution in [0.15, 0.2) is 45.9 Å². The summed E-state index contributed by atoms with van der Waals surface area (Å²) in [7, 11) is 0. The first-order valence-corrected chi connectivity index (χ1v) is 11.5. The van der Waals surface area contributed by atoms with Gasteiger partial charge in [-0.25, -0.2) is 4.98 Å². The Kier molecular flexibility index (Phi) is 6.27. The van der Waals surface area contributed by atoms with E-state index >= 15 is 0 Å². The van der Waals surface area contributed by atoms with Gasteiger partial charge in [-0.15, -0.1) is 0 Å². The Labute approximate surface area is 203 Å². The highest BCUT2D eigenvalue weighted by molar-refractivity contribution is 6.29. The lowest BCUT2D eigenvalue weighted by Gasteiger charge is -2.19. The number of nitrogens with one attached hydrogen (secondary N) is 1. The van der Waals surface area contributed by atoms with E-state index in [0.29, 0.717) is 39.6 Å². The second-order valence-electron chi connectivity index (χ2n) is 9.49. The quantitative estimate of drug-likeness (QED) is 0.350. The maximum absolute atomic E-state index is 13.4. The Hall–Kier alpha value is -3.16. The number of aromatic nitrogens is 3. The molecule has 1 aromatic carbocycles. The molecule has 4 aromatic rings. The van der Waals surface area contributed by atoms with Crippen LogP contribution in [0.4, 0.5) is 5.69 Å². The first-order chi connectivity index (χ1) is 15.9. The van der Waals surface area contributed by atoms with Crippen molar-refractivity contribution in [1.82, 2.24) is 14.8 Å². The van der Waals surface area contributed by atoms with E-state index in [-0.39, 0.29) is 11.5 Å². The minimum Gasteiger partial charge on any atom is -0.455 e. The van der Waals surface area contributed by atoms with Crippen molar-refractivity contribution in [3.63, 3.8) is 0 Å². The van der Waals surface area contributed by atoms with E-state index in [9.17, 15) is 9.90 Å². The number of aryl methyl sites for hydroxylation is 2. The predicted octanol–water partition coefficient (Wildman–Crippen LogP) is 5.57. The SMILES string of the molecule is Cc1cc([C@@H](C)Nc2ccc(Cl)nc2C)c2oc(-c3cnn(CC(C)(C)O)c3)c(C)c(=O)c2c1. The number of anilines is 1. The molecule has 0 amide bonds. The number of benzene rings is 1. The van der Waals surface area contributed by atoms with E-state index in [2.05, 4.69) is 15.4 Å². The van der Waals surface area contributed by atoms with Crippen LogP contribution >= 0.6 is 11.6 Å². The molecule has 178 valence electrons. The Morgan fingerprint density at radius 2 is 1.97 bits per heavy atom. The van der Waals surface area contributed by atoms with Gasteiger partial charge in [-0.2, -0.15) is 5.10 Å². The van der Waals surface area contributed by atoms with Crippen LogP contribution in [0.3, 0.4) is 0 Å². The molecule has 7 nitrogen and oxygen atoms in total. The highest BCUT2D eigenvalue weighted by atomic mass is 35.5. The summed E-state index contributed by atoms with van der Waals surface area (Å²) in [5.74, 6) is 0.473. The highest BCUT2D eigenvalue weighted by Crippen LogP contribution is 2.32. The van der Waals surface area contributed by atoms with Gasteiger partial charge in [0, 0.05) is 17.3 Å². The summed E-state index contributed by atoms with van der Waals surface area (Å²) in [6.07, 6.45) is 3.44. The minimum absolute atomic E-state index is 0.0759. The smallest absolute Gasteiger partial charge is 0.196 e. The van der Waals surface area contributed by atoms with Crippen LogP contribution < -0.4 is 10.7 Å². The number of halogens is 1. The zero-order valence-corrected chi connectivity index (χ0v) is 21.0. The van der Waals surface area contributed by atoms with Gasteiger partial charge in [0.05, 0.1) is 46.7 Å². The molecule has 0 saturated heterocycles. The molecule has 2 N–H and O–H groups in total. The van der Waals surface area contributed by atoms with Crippen molar-refractivity contribution in [2.45, 2.75) is 59.7 Å². The van der Waals surface area contributed by atoms with Crippen LogP contribution in [0.2, 0.25) is 5.15 Å². The zero-order chi connectivity index (χ0) is 24.8. The molecule has 0 unspecified atom stereocenters. The summed E-state index contributed by atoms with van der Waals surface area (Å²) in [5.41, 5.74) is 4.23. The predicted molar refractivity (Wildman–Crippen MR) is 135 cm³/mol. The molecule has 4 rings (SSSR count). The Balaban J connectivity index is 1.82. The molecule has 0 bridgehead atoms. The van der Waals surface area contributed by atoms with Gasteiger partial charge >= 0.3 is 0 Å². The molecule has 1 atom stereocenters. The van der Waals surface area contributed by atoms with E-state index in [4.69, 9.17) is 16.0 Å². The number of hydrogen-bond donors (Lipinski definition) is 2. The van der Waals surface area contributed by atoms with Crippen molar-refractivity contribution >= 4 is 28.3 Å². The molecule has 3 aromatic heterocycles. The van der Waals surface area contributed by atoms with Crippen LogP contribution in [0, 0.1) is 20.8 Å². The summed E-state index contributed by atoms with van der Waals surface area (Å²) < 4.78 is 8.05. The molecule has 0 fully saturated rings. The second kappa shape index (κ2) is 8.89. The van der Waals surface area contributed by atoms with E-state index in [1.54, 1.807) is 43.9 Å². The Bertz CT molecular complexity index is 1430. The third kappa shape index (κ3) is 4.86. The standard InChI is InChI=1S/C26H29ClN4O3/c1-14-9-19(16(3)29-21-7-8-22(27)30-17(21)4)25-20(10-14)23(32)15(2)24(34-25)18-11-28-31(12-18)13-26(5,6)33/h7-12,16,29,33H,13H2,1-6H3/t16-/m1/s1. The highest BCUT2D eigenvalue weighted by Gasteiger charge is 2.21. The van der Waals surface area contributed by atoms with E-state index in [1.165, 1.54) is 0 Å². The van der Waals surface area contributed by atoms with Crippen molar-refractivity contribution in [1.29, 1.82) is 0 Å². The average Bonchev–Trinajstić information content (AvgIpc) is 3.18. The number of hydrogen-bond acceptors (Lipinski definition) is 6. The number of aliphatic hydroxyl groups is 1. The van der Waals surface area contributed by atoms with Crippen molar-refractivity contribution in [2.24, 2.45) is 0 Å². The zero-order valence-electron chi connectivity index (χ0n) is 20.2. The molecule has 8 heteroatoms. The second-order valence-corrected chi connectivity index (χ2v) is 9.88. The summed E-state index contributed by atoms with van der Waals surface area (Å²) in [6, 6.07) is 7.35. The fourth-order valence-electron chi connectivity index (χ4n) is 4.12. The first-order valence-electron chi connectivity index (χ1n) is 11.2. The van der Waals surface area contributed by atoms with Crippen molar-refractivity contribution in [3.05, 3.63) is 74.4 Å². The topological polar surface area (TPSA) is 93.2 Å². The molecule has 0 saturated carbocycles. The average molecular weight is 481 g/mol. The van der Waals surface area contributed by atoms with Gasteiger partial charge in [0.2, 0.25) is 0 Å². The lowest BCUT2D eigenvalue weighted by atomic mass is 9.99. The lowest BCUT2D eigenvalue weighted by molar-refractivity contribution is 0.0577. The number of nitrogens with zero attached hydrogens (tertiary/aromatic N) is 3. The third-order valence-electron chi connectivity index (χ3n) is 5.73. The fraction of sp³-hybridized carbons (Fsp3) is 0.346. The maximum atomic E-state index is 13.4. The molecular formula is C26H29ClN4O3. The fourth-order valence-corrected chi connectivity index (χ4v) is 4.31.